The number of imidazole rings is 1. The van der Waals surface area contributed by atoms with Crippen LogP contribution in [0.4, 0.5) is 0 Å². The van der Waals surface area contributed by atoms with Gasteiger partial charge in [0.25, 0.3) is 0 Å². The number of carbonyl (C=O) groups is 2. The lowest BCUT2D eigenvalue weighted by Crippen LogP contribution is -2.60. The van der Waals surface area contributed by atoms with E-state index in [0.29, 0.717) is 26.1 Å². The minimum Gasteiger partial charge on any atom is -0.348 e. The fraction of sp³-hybridized carbons (Fsp3) is 0.571. The van der Waals surface area contributed by atoms with Gasteiger partial charge >= 0.3 is 0 Å². The number of amides is 2. The fourth-order valence-electron chi connectivity index (χ4n) is 4.82. The van der Waals surface area contributed by atoms with Crippen molar-refractivity contribution in [2.24, 2.45) is 0 Å². The monoisotopic (exact) mass is 383 g/mol. The maximum atomic E-state index is 13.3. The maximum absolute atomic E-state index is 13.3. The molecule has 0 unspecified atom stereocenters. The number of rotatable bonds is 3. The molecule has 28 heavy (non-hydrogen) atoms. The second kappa shape index (κ2) is 6.79. The number of carbonyl (C=O) groups excluding carboxylic acids is 2. The number of nitrogens with zero attached hydrogens (tertiary/aromatic N) is 4. The zero-order valence-electron chi connectivity index (χ0n) is 16.9. The Kier molecular flexibility index (Phi) is 4.56. The van der Waals surface area contributed by atoms with Crippen molar-refractivity contribution >= 4 is 11.8 Å². The van der Waals surface area contributed by atoms with Crippen LogP contribution in [0.1, 0.15) is 51.4 Å². The van der Waals surface area contributed by atoms with Crippen molar-refractivity contribution in [1.82, 2.24) is 24.3 Å². The number of H-pyrrole nitrogens is 1. The first kappa shape index (κ1) is 18.8. The minimum absolute atomic E-state index is 0.116. The smallest absolute Gasteiger partial charge is 0.248 e. The summed E-state index contributed by atoms with van der Waals surface area (Å²) in [5.41, 5.74) is 1.11. The van der Waals surface area contributed by atoms with Gasteiger partial charge in [0.05, 0.1) is 17.6 Å². The highest BCUT2D eigenvalue weighted by atomic mass is 16.2. The van der Waals surface area contributed by atoms with E-state index in [1.807, 2.05) is 59.7 Å². The van der Waals surface area contributed by atoms with Crippen molar-refractivity contribution in [3.63, 3.8) is 0 Å². The van der Waals surface area contributed by atoms with Crippen LogP contribution in [0, 0.1) is 0 Å². The molecule has 0 bridgehead atoms. The summed E-state index contributed by atoms with van der Waals surface area (Å²) in [6.07, 6.45) is 8.36. The predicted octanol–water partition coefficient (Wildman–Crippen LogP) is 2.26. The van der Waals surface area contributed by atoms with Crippen molar-refractivity contribution in [2.45, 2.75) is 57.5 Å². The van der Waals surface area contributed by atoms with Crippen molar-refractivity contribution in [1.29, 1.82) is 0 Å². The van der Waals surface area contributed by atoms with E-state index in [9.17, 15) is 9.59 Å². The minimum atomic E-state index is -0.628. The van der Waals surface area contributed by atoms with Gasteiger partial charge in [-0.2, -0.15) is 0 Å². The van der Waals surface area contributed by atoms with Crippen LogP contribution >= 0.6 is 0 Å². The first-order valence-corrected chi connectivity index (χ1v) is 10.2. The normalized spacial score (nSPS) is 19.0. The van der Waals surface area contributed by atoms with Gasteiger partial charge in [-0.15, -0.1) is 0 Å². The van der Waals surface area contributed by atoms with Gasteiger partial charge in [-0.05, 0) is 38.8 Å². The summed E-state index contributed by atoms with van der Waals surface area (Å²) in [6.45, 7) is 7.80. The summed E-state index contributed by atoms with van der Waals surface area (Å²) in [5.74, 6) is 0.283. The molecule has 2 aliphatic rings. The number of aromatic nitrogens is 3. The lowest BCUT2D eigenvalue weighted by atomic mass is 9.78. The highest BCUT2D eigenvalue weighted by Crippen LogP contribution is 2.43. The lowest BCUT2D eigenvalue weighted by molar-refractivity contribution is -0.147. The Hall–Kier alpha value is -2.57. The summed E-state index contributed by atoms with van der Waals surface area (Å²) in [4.78, 5) is 37.8. The second-order valence-electron chi connectivity index (χ2n) is 8.35. The van der Waals surface area contributed by atoms with Gasteiger partial charge in [0.2, 0.25) is 11.8 Å². The molecule has 0 radical (unpaired) electrons. The Bertz CT molecular complexity index is 859. The van der Waals surface area contributed by atoms with Gasteiger partial charge < -0.3 is 19.4 Å². The van der Waals surface area contributed by atoms with E-state index in [-0.39, 0.29) is 11.8 Å². The first-order chi connectivity index (χ1) is 13.4. The Labute approximate surface area is 165 Å². The van der Waals surface area contributed by atoms with Gasteiger partial charge in [0.1, 0.15) is 5.54 Å². The molecule has 2 aliphatic heterocycles. The largest absolute Gasteiger partial charge is 0.348 e. The summed E-state index contributed by atoms with van der Waals surface area (Å²) in [5, 5.41) is 0. The van der Waals surface area contributed by atoms with E-state index in [4.69, 9.17) is 0 Å². The van der Waals surface area contributed by atoms with E-state index in [1.54, 1.807) is 6.33 Å². The lowest BCUT2D eigenvalue weighted by Gasteiger charge is -2.51. The maximum Gasteiger partial charge on any atom is 0.248 e. The summed E-state index contributed by atoms with van der Waals surface area (Å²) in [7, 11) is 0. The molecule has 150 valence electrons. The third-order valence-corrected chi connectivity index (χ3v) is 6.52. The van der Waals surface area contributed by atoms with Crippen LogP contribution in [0.2, 0.25) is 0 Å². The zero-order valence-corrected chi connectivity index (χ0v) is 16.9. The molecule has 7 nitrogen and oxygen atoms in total. The second-order valence-corrected chi connectivity index (χ2v) is 8.35. The first-order valence-electron chi connectivity index (χ1n) is 10.2. The van der Waals surface area contributed by atoms with Gasteiger partial charge in [-0.3, -0.25) is 9.59 Å². The van der Waals surface area contributed by atoms with Crippen LogP contribution < -0.4 is 0 Å². The van der Waals surface area contributed by atoms with Crippen molar-refractivity contribution in [2.75, 3.05) is 19.6 Å². The molecule has 0 aliphatic carbocycles. The predicted molar refractivity (Wildman–Crippen MR) is 106 cm³/mol. The molecule has 4 rings (SSSR count). The summed E-state index contributed by atoms with van der Waals surface area (Å²) >= 11 is 0. The number of piperidine rings is 1. The SMILES string of the molecule is CCC(=O)N1CCc2[nH]cnc2C12CCN(C(=O)C(C)(C)n1cccc1)CC2. The van der Waals surface area contributed by atoms with Crippen LogP contribution in [0.3, 0.4) is 0 Å². The van der Waals surface area contributed by atoms with Crippen LogP contribution in [0.25, 0.3) is 0 Å². The molecule has 0 atom stereocenters. The molecule has 1 spiro atoms. The molecule has 0 saturated carbocycles. The van der Waals surface area contributed by atoms with Gasteiger partial charge in [-0.1, -0.05) is 6.92 Å². The number of nitrogens with one attached hydrogen (secondary N) is 1. The highest BCUT2D eigenvalue weighted by molar-refractivity contribution is 5.84. The van der Waals surface area contributed by atoms with E-state index in [2.05, 4.69) is 9.97 Å². The number of hydrogen-bond acceptors (Lipinski definition) is 3. The third-order valence-electron chi connectivity index (χ3n) is 6.52. The van der Waals surface area contributed by atoms with Crippen LogP contribution in [-0.2, 0) is 27.1 Å². The van der Waals surface area contributed by atoms with Crippen LogP contribution in [-0.4, -0.2) is 55.8 Å². The molecular weight excluding hydrogens is 354 g/mol. The van der Waals surface area contributed by atoms with Gasteiger partial charge in [0, 0.05) is 50.6 Å². The average Bonchev–Trinajstić information content (AvgIpc) is 3.40. The number of hydrogen-bond donors (Lipinski definition) is 1. The third kappa shape index (κ3) is 2.75. The van der Waals surface area contributed by atoms with Crippen molar-refractivity contribution in [3.8, 4) is 0 Å². The standard InChI is InChI=1S/C21H29N5O2/c1-4-17(27)26-12-7-16-18(23-15-22-16)21(26)8-13-24(14-9-21)19(28)20(2,3)25-10-5-6-11-25/h5-6,10-11,15H,4,7-9,12-14H2,1-3H3,(H,22,23). The molecule has 2 aromatic heterocycles. The van der Waals surface area contributed by atoms with Crippen LogP contribution in [0.15, 0.2) is 30.9 Å². The summed E-state index contributed by atoms with van der Waals surface area (Å²) in [6, 6.07) is 3.88. The number of fused-ring (bicyclic) bond motifs is 2. The molecule has 4 heterocycles. The molecule has 7 heteroatoms. The molecule has 2 aromatic rings. The fourth-order valence-corrected chi connectivity index (χ4v) is 4.82. The van der Waals surface area contributed by atoms with E-state index in [1.165, 1.54) is 0 Å². The molecule has 2 amide bonds. The Balaban J connectivity index is 1.58. The molecule has 1 fully saturated rings. The van der Waals surface area contributed by atoms with Crippen LogP contribution in [0.5, 0.6) is 0 Å². The number of likely N-dealkylation sites (tertiary alicyclic amines) is 1. The Morgan fingerprint density at radius 1 is 1.18 bits per heavy atom. The Morgan fingerprint density at radius 2 is 1.86 bits per heavy atom. The van der Waals surface area contributed by atoms with E-state index >= 15 is 0 Å². The highest BCUT2D eigenvalue weighted by Gasteiger charge is 2.49. The van der Waals surface area contributed by atoms with E-state index < -0.39 is 11.1 Å². The number of aromatic amines is 1. The Morgan fingerprint density at radius 3 is 2.50 bits per heavy atom. The van der Waals surface area contributed by atoms with Gasteiger partial charge in [0.15, 0.2) is 0 Å². The van der Waals surface area contributed by atoms with Gasteiger partial charge in [-0.25, -0.2) is 4.98 Å². The van der Waals surface area contributed by atoms with E-state index in [0.717, 1.165) is 30.7 Å². The molecular formula is C21H29N5O2. The molecule has 1 N–H and O–H groups in total. The van der Waals surface area contributed by atoms with Crippen molar-refractivity contribution in [3.05, 3.63) is 42.2 Å². The quantitative estimate of drug-likeness (QED) is 0.883. The molecule has 1 saturated heterocycles. The molecule has 0 aromatic carbocycles. The zero-order chi connectivity index (χ0) is 19.9. The average molecular weight is 383 g/mol. The van der Waals surface area contributed by atoms with Crippen molar-refractivity contribution < 1.29 is 9.59 Å². The topological polar surface area (TPSA) is 74.2 Å². The summed E-state index contributed by atoms with van der Waals surface area (Å²) < 4.78 is 1.96.